The first-order chi connectivity index (χ1) is 8.06. The van der Waals surface area contributed by atoms with Gasteiger partial charge in [0.2, 0.25) is 0 Å². The number of rotatable bonds is 5. The molecule has 0 spiro atoms. The van der Waals surface area contributed by atoms with Gasteiger partial charge in [0, 0.05) is 17.5 Å². The third kappa shape index (κ3) is 2.70. The van der Waals surface area contributed by atoms with E-state index in [9.17, 15) is 4.79 Å². The van der Waals surface area contributed by atoms with Crippen LogP contribution in [0.1, 0.15) is 22.3 Å². The van der Waals surface area contributed by atoms with Crippen LogP contribution in [0.5, 0.6) is 11.5 Å². The Morgan fingerprint density at radius 1 is 1.41 bits per heavy atom. The van der Waals surface area contributed by atoms with E-state index in [0.29, 0.717) is 27.6 Å². The number of hydrogen-bond donors (Lipinski definition) is 1. The van der Waals surface area contributed by atoms with E-state index in [4.69, 9.17) is 26.8 Å². The number of benzene rings is 1. The van der Waals surface area contributed by atoms with Crippen LogP contribution in [-0.2, 0) is 0 Å². The van der Waals surface area contributed by atoms with E-state index >= 15 is 0 Å². The fraction of sp³-hybridized carbons (Fsp3) is 0.417. The molecule has 0 aromatic heterocycles. The lowest BCUT2D eigenvalue weighted by molar-refractivity contribution is 0.0981. The van der Waals surface area contributed by atoms with Gasteiger partial charge < -0.3 is 15.2 Å². The Morgan fingerprint density at radius 3 is 2.53 bits per heavy atom. The molecule has 1 rings (SSSR count). The molecule has 0 fully saturated rings. The summed E-state index contributed by atoms with van der Waals surface area (Å²) in [5.74, 6) is 0.763. The number of carbonyl (C=O) groups is 1. The quantitative estimate of drug-likeness (QED) is 0.822. The molecular formula is C12H16ClNO3. The highest BCUT2D eigenvalue weighted by atomic mass is 35.5. The second-order valence-corrected chi connectivity index (χ2v) is 3.96. The summed E-state index contributed by atoms with van der Waals surface area (Å²) in [4.78, 5) is 12.0. The smallest absolute Gasteiger partial charge is 0.171 e. The molecule has 0 saturated heterocycles. The molecule has 0 aliphatic carbocycles. The minimum Gasteiger partial charge on any atom is -0.493 e. The molecule has 1 aromatic carbocycles. The van der Waals surface area contributed by atoms with Crippen LogP contribution in [-0.4, -0.2) is 26.5 Å². The SMILES string of the molecule is COc1cc(Cl)c(C)c(C(=O)CCN)c1OC. The van der Waals surface area contributed by atoms with Crippen molar-refractivity contribution in [3.8, 4) is 11.5 Å². The molecule has 94 valence electrons. The maximum Gasteiger partial charge on any atom is 0.171 e. The summed E-state index contributed by atoms with van der Waals surface area (Å²) in [6, 6.07) is 1.63. The van der Waals surface area contributed by atoms with Gasteiger partial charge in [-0.1, -0.05) is 11.6 Å². The van der Waals surface area contributed by atoms with Crippen molar-refractivity contribution in [2.24, 2.45) is 5.73 Å². The first-order valence-electron chi connectivity index (χ1n) is 5.21. The van der Waals surface area contributed by atoms with E-state index in [1.54, 1.807) is 13.0 Å². The first-order valence-corrected chi connectivity index (χ1v) is 5.58. The van der Waals surface area contributed by atoms with Gasteiger partial charge in [-0.25, -0.2) is 0 Å². The zero-order valence-corrected chi connectivity index (χ0v) is 10.9. The molecule has 0 aliphatic rings. The summed E-state index contributed by atoms with van der Waals surface area (Å²) >= 11 is 6.05. The molecule has 0 saturated carbocycles. The molecule has 0 aliphatic heterocycles. The van der Waals surface area contributed by atoms with Crippen molar-refractivity contribution in [1.29, 1.82) is 0 Å². The Hall–Kier alpha value is -1.26. The van der Waals surface area contributed by atoms with Crippen LogP contribution >= 0.6 is 11.6 Å². The number of methoxy groups -OCH3 is 2. The summed E-state index contributed by atoms with van der Waals surface area (Å²) in [5, 5.41) is 0.475. The minimum atomic E-state index is -0.0948. The summed E-state index contributed by atoms with van der Waals surface area (Å²) in [5.41, 5.74) is 6.52. The summed E-state index contributed by atoms with van der Waals surface area (Å²) in [6.45, 7) is 2.06. The standard InChI is InChI=1S/C12H16ClNO3/c1-7-8(13)6-10(16-2)12(17-3)11(7)9(15)4-5-14/h6H,4-5,14H2,1-3H3. The summed E-state index contributed by atoms with van der Waals surface area (Å²) in [6.07, 6.45) is 0.251. The molecule has 0 atom stereocenters. The van der Waals surface area contributed by atoms with E-state index in [1.165, 1.54) is 14.2 Å². The van der Waals surface area contributed by atoms with Crippen molar-refractivity contribution in [3.05, 3.63) is 22.2 Å². The topological polar surface area (TPSA) is 61.5 Å². The van der Waals surface area contributed by atoms with Gasteiger partial charge in [-0.3, -0.25) is 4.79 Å². The van der Waals surface area contributed by atoms with Crippen LogP contribution in [0.3, 0.4) is 0 Å². The number of hydrogen-bond acceptors (Lipinski definition) is 4. The van der Waals surface area contributed by atoms with Crippen LogP contribution in [0.15, 0.2) is 6.07 Å². The second-order valence-electron chi connectivity index (χ2n) is 3.56. The van der Waals surface area contributed by atoms with Crippen molar-refractivity contribution in [1.82, 2.24) is 0 Å². The number of halogens is 1. The van der Waals surface area contributed by atoms with Crippen molar-refractivity contribution in [3.63, 3.8) is 0 Å². The van der Waals surface area contributed by atoms with Gasteiger partial charge in [0.05, 0.1) is 19.8 Å². The monoisotopic (exact) mass is 257 g/mol. The zero-order valence-electron chi connectivity index (χ0n) is 10.2. The molecular weight excluding hydrogens is 242 g/mol. The number of ketones is 1. The predicted octanol–water partition coefficient (Wildman–Crippen LogP) is 2.20. The highest BCUT2D eigenvalue weighted by Crippen LogP contribution is 2.38. The predicted molar refractivity (Wildman–Crippen MR) is 67.3 cm³/mol. The van der Waals surface area contributed by atoms with Gasteiger partial charge in [0.1, 0.15) is 0 Å². The first kappa shape index (κ1) is 13.8. The van der Waals surface area contributed by atoms with Gasteiger partial charge in [-0.2, -0.15) is 0 Å². The number of carbonyl (C=O) groups excluding carboxylic acids is 1. The lowest BCUT2D eigenvalue weighted by Gasteiger charge is -2.15. The number of Topliss-reactive ketones (excluding diaryl/α,β-unsaturated/α-hetero) is 1. The van der Waals surface area contributed by atoms with Crippen LogP contribution < -0.4 is 15.2 Å². The van der Waals surface area contributed by atoms with Gasteiger partial charge in [0.15, 0.2) is 17.3 Å². The van der Waals surface area contributed by atoms with Crippen molar-refractivity contribution < 1.29 is 14.3 Å². The Labute approximate surface area is 106 Å². The third-order valence-corrected chi connectivity index (χ3v) is 2.91. The number of nitrogens with two attached hydrogens (primary N) is 1. The number of ether oxygens (including phenoxy) is 2. The fourth-order valence-corrected chi connectivity index (χ4v) is 1.84. The molecule has 0 heterocycles. The van der Waals surface area contributed by atoms with Gasteiger partial charge >= 0.3 is 0 Å². The highest BCUT2D eigenvalue weighted by molar-refractivity contribution is 6.32. The van der Waals surface area contributed by atoms with Crippen molar-refractivity contribution in [2.45, 2.75) is 13.3 Å². The molecule has 17 heavy (non-hydrogen) atoms. The van der Waals surface area contributed by atoms with E-state index in [1.807, 2.05) is 0 Å². The van der Waals surface area contributed by atoms with E-state index < -0.39 is 0 Å². The Balaban J connectivity index is 3.43. The van der Waals surface area contributed by atoms with E-state index in [0.717, 1.165) is 0 Å². The maximum absolute atomic E-state index is 12.0. The minimum absolute atomic E-state index is 0.0948. The average Bonchev–Trinajstić information content (AvgIpc) is 2.31. The summed E-state index contributed by atoms with van der Waals surface area (Å²) in [7, 11) is 2.99. The molecule has 1 aromatic rings. The van der Waals surface area contributed by atoms with Crippen LogP contribution in [0, 0.1) is 6.92 Å². The van der Waals surface area contributed by atoms with Gasteiger partial charge in [-0.05, 0) is 19.0 Å². The van der Waals surface area contributed by atoms with Crippen LogP contribution in [0.4, 0.5) is 0 Å². The Bertz CT molecular complexity index is 432. The van der Waals surface area contributed by atoms with Crippen molar-refractivity contribution >= 4 is 17.4 Å². The van der Waals surface area contributed by atoms with Crippen LogP contribution in [0.2, 0.25) is 5.02 Å². The molecule has 0 amide bonds. The fourth-order valence-electron chi connectivity index (χ4n) is 1.65. The lowest BCUT2D eigenvalue weighted by Crippen LogP contribution is -2.11. The molecule has 5 heteroatoms. The summed E-state index contributed by atoms with van der Waals surface area (Å²) < 4.78 is 10.4. The van der Waals surface area contributed by atoms with E-state index in [2.05, 4.69) is 0 Å². The molecule has 2 N–H and O–H groups in total. The molecule has 4 nitrogen and oxygen atoms in total. The normalized spacial score (nSPS) is 10.2. The highest BCUT2D eigenvalue weighted by Gasteiger charge is 2.21. The third-order valence-electron chi connectivity index (χ3n) is 2.52. The Kier molecular flexibility index (Phi) is 4.78. The molecule has 0 bridgehead atoms. The molecule has 0 unspecified atom stereocenters. The Morgan fingerprint density at radius 2 is 2.06 bits per heavy atom. The zero-order chi connectivity index (χ0) is 13.0. The lowest BCUT2D eigenvalue weighted by atomic mass is 10.0. The van der Waals surface area contributed by atoms with Crippen LogP contribution in [0.25, 0.3) is 0 Å². The van der Waals surface area contributed by atoms with Gasteiger partial charge in [-0.15, -0.1) is 0 Å². The second kappa shape index (κ2) is 5.89. The largest absolute Gasteiger partial charge is 0.493 e. The molecule has 0 radical (unpaired) electrons. The van der Waals surface area contributed by atoms with E-state index in [-0.39, 0.29) is 18.7 Å². The maximum atomic E-state index is 12.0. The average molecular weight is 258 g/mol. The van der Waals surface area contributed by atoms with Gasteiger partial charge in [0.25, 0.3) is 0 Å². The van der Waals surface area contributed by atoms with Crippen molar-refractivity contribution in [2.75, 3.05) is 20.8 Å².